The van der Waals surface area contributed by atoms with Gasteiger partial charge in [-0.3, -0.25) is 9.59 Å². The van der Waals surface area contributed by atoms with E-state index in [1.54, 1.807) is 24.3 Å². The summed E-state index contributed by atoms with van der Waals surface area (Å²) in [5, 5.41) is 15.8. The van der Waals surface area contributed by atoms with Crippen molar-refractivity contribution in [1.82, 2.24) is 10.6 Å². The molecule has 0 bridgehead atoms. The number of benzene rings is 2. The Hall–Kier alpha value is -2.84. The van der Waals surface area contributed by atoms with Crippen molar-refractivity contribution in [2.45, 2.75) is 94.5 Å². The van der Waals surface area contributed by atoms with E-state index in [9.17, 15) is 19.1 Å². The lowest BCUT2D eigenvalue weighted by Gasteiger charge is -2.38. The van der Waals surface area contributed by atoms with Gasteiger partial charge in [0.1, 0.15) is 17.7 Å². The number of hydrogen-bond donors (Lipinski definition) is 3. The van der Waals surface area contributed by atoms with Crippen molar-refractivity contribution in [2.75, 3.05) is 13.1 Å². The predicted octanol–water partition coefficient (Wildman–Crippen LogP) is 5.33. The highest BCUT2D eigenvalue weighted by Gasteiger charge is 2.54. The SMILES string of the molecule is CC(C)c1c(F)cccc1-c1cc(CC(=O)O)ccc1O[C@@H]1CC[C@@H](NCC(=O)[C@@]2(F)CNC3(CCC3)C2)C1. The molecule has 2 aliphatic carbocycles. The van der Waals surface area contributed by atoms with E-state index in [-0.39, 0.29) is 61.1 Å². The van der Waals surface area contributed by atoms with Gasteiger partial charge in [0.15, 0.2) is 11.5 Å². The fraction of sp³-hybridized carbons (Fsp3) is 0.548. The molecule has 2 aromatic rings. The minimum atomic E-state index is -1.80. The molecular weight excluding hydrogens is 502 g/mol. The minimum absolute atomic E-state index is 0.00181. The number of ketones is 1. The molecule has 1 aliphatic heterocycles. The van der Waals surface area contributed by atoms with Gasteiger partial charge in [-0.2, -0.15) is 0 Å². The van der Waals surface area contributed by atoms with Crippen LogP contribution in [0.25, 0.3) is 11.1 Å². The predicted molar refractivity (Wildman–Crippen MR) is 145 cm³/mol. The van der Waals surface area contributed by atoms with E-state index < -0.39 is 11.6 Å². The van der Waals surface area contributed by atoms with Gasteiger partial charge >= 0.3 is 5.97 Å². The molecule has 1 saturated heterocycles. The fourth-order valence-corrected chi connectivity index (χ4v) is 6.48. The number of halogens is 2. The van der Waals surface area contributed by atoms with E-state index in [4.69, 9.17) is 4.74 Å². The molecule has 8 heteroatoms. The molecule has 0 amide bonds. The Bertz CT molecular complexity index is 1250. The Morgan fingerprint density at radius 2 is 1.97 bits per heavy atom. The van der Waals surface area contributed by atoms with Crippen molar-refractivity contribution in [3.8, 4) is 16.9 Å². The average Bonchev–Trinajstić information content (AvgIpc) is 3.47. The highest BCUT2D eigenvalue weighted by Crippen LogP contribution is 2.44. The molecule has 3 fully saturated rings. The first kappa shape index (κ1) is 27.7. The molecule has 0 aromatic heterocycles. The lowest BCUT2D eigenvalue weighted by atomic mass is 9.73. The van der Waals surface area contributed by atoms with E-state index in [0.29, 0.717) is 34.4 Å². The summed E-state index contributed by atoms with van der Waals surface area (Å²) in [5.74, 6) is -1.14. The molecule has 5 rings (SSSR count). The van der Waals surface area contributed by atoms with Gasteiger partial charge in [0.25, 0.3) is 0 Å². The van der Waals surface area contributed by atoms with E-state index in [2.05, 4.69) is 10.6 Å². The van der Waals surface area contributed by atoms with Gasteiger partial charge in [-0.15, -0.1) is 0 Å². The number of alkyl halides is 1. The molecule has 3 atom stereocenters. The van der Waals surface area contributed by atoms with Crippen LogP contribution < -0.4 is 15.4 Å². The number of hydrogen-bond acceptors (Lipinski definition) is 5. The Morgan fingerprint density at radius 1 is 1.18 bits per heavy atom. The van der Waals surface area contributed by atoms with E-state index >= 15 is 4.39 Å². The Kier molecular flexibility index (Phi) is 7.80. The number of Topliss-reactive ketones (excluding diaryl/α,β-unsaturated/α-hetero) is 1. The van der Waals surface area contributed by atoms with Crippen molar-refractivity contribution >= 4 is 11.8 Å². The van der Waals surface area contributed by atoms with Crippen LogP contribution in [0.2, 0.25) is 0 Å². The second-order valence-corrected chi connectivity index (χ2v) is 11.9. The summed E-state index contributed by atoms with van der Waals surface area (Å²) in [5.41, 5.74) is 0.553. The summed E-state index contributed by atoms with van der Waals surface area (Å²) in [6, 6.07) is 10.2. The standard InChI is InChI=1S/C31H38F2N2O4/c1-19(2)29-23(5-3-6-25(29)32)24-13-20(14-28(37)38)7-10-26(24)39-22-9-8-21(15-22)34-16-27(36)31(33)17-30(35-18-31)11-4-12-30/h3,5-7,10,13,19,21-22,34-35H,4,8-9,11-12,14-18H2,1-2H3,(H,37,38)/t21-,22-,31+/m1/s1. The van der Waals surface area contributed by atoms with E-state index in [1.165, 1.54) is 6.07 Å². The Balaban J connectivity index is 1.27. The van der Waals surface area contributed by atoms with Crippen molar-refractivity contribution in [3.05, 3.63) is 53.3 Å². The number of nitrogens with one attached hydrogen (secondary N) is 2. The lowest BCUT2D eigenvalue weighted by Crippen LogP contribution is -2.46. The zero-order chi connectivity index (χ0) is 27.8. The summed E-state index contributed by atoms with van der Waals surface area (Å²) < 4.78 is 36.6. The maximum Gasteiger partial charge on any atom is 0.307 e. The van der Waals surface area contributed by atoms with Crippen molar-refractivity contribution in [3.63, 3.8) is 0 Å². The number of rotatable bonds is 10. The van der Waals surface area contributed by atoms with Crippen LogP contribution in [0.4, 0.5) is 8.78 Å². The van der Waals surface area contributed by atoms with Crippen LogP contribution in [0, 0.1) is 5.82 Å². The highest BCUT2D eigenvalue weighted by atomic mass is 19.1. The van der Waals surface area contributed by atoms with Gasteiger partial charge in [-0.05, 0) is 79.3 Å². The third kappa shape index (κ3) is 5.87. The number of carbonyl (C=O) groups excluding carboxylic acids is 1. The average molecular weight is 541 g/mol. The van der Waals surface area contributed by atoms with Crippen LogP contribution in [-0.4, -0.2) is 53.3 Å². The van der Waals surface area contributed by atoms with Crippen LogP contribution >= 0.6 is 0 Å². The van der Waals surface area contributed by atoms with Crippen molar-refractivity contribution in [1.29, 1.82) is 0 Å². The molecule has 1 spiro atoms. The van der Waals surface area contributed by atoms with E-state index in [0.717, 1.165) is 32.1 Å². The first-order chi connectivity index (χ1) is 18.6. The molecular formula is C31H38F2N2O4. The third-order valence-corrected chi connectivity index (χ3v) is 8.72. The molecule has 0 unspecified atom stereocenters. The lowest BCUT2D eigenvalue weighted by molar-refractivity contribution is -0.136. The summed E-state index contributed by atoms with van der Waals surface area (Å²) in [6.07, 6.45) is 5.17. The first-order valence-corrected chi connectivity index (χ1v) is 14.1. The van der Waals surface area contributed by atoms with Crippen LogP contribution in [0.15, 0.2) is 36.4 Å². The number of aliphatic carboxylic acids is 1. The zero-order valence-corrected chi connectivity index (χ0v) is 22.7. The van der Waals surface area contributed by atoms with Crippen molar-refractivity contribution in [2.24, 2.45) is 0 Å². The van der Waals surface area contributed by atoms with Crippen LogP contribution in [0.1, 0.15) is 75.8 Å². The van der Waals surface area contributed by atoms with Gasteiger partial charge in [0.05, 0.1) is 13.0 Å². The molecule has 210 valence electrons. The number of carboxylic acid groups (broad SMARTS) is 1. The maximum absolute atomic E-state index is 15.4. The Labute approximate surface area is 228 Å². The maximum atomic E-state index is 15.4. The largest absolute Gasteiger partial charge is 0.490 e. The van der Waals surface area contributed by atoms with Crippen LogP contribution in [0.5, 0.6) is 5.75 Å². The molecule has 6 nitrogen and oxygen atoms in total. The number of carboxylic acids is 1. The van der Waals surface area contributed by atoms with Crippen molar-refractivity contribution < 1.29 is 28.2 Å². The molecule has 2 saturated carbocycles. The topological polar surface area (TPSA) is 87.7 Å². The summed E-state index contributed by atoms with van der Waals surface area (Å²) in [6.45, 7) is 3.95. The highest BCUT2D eigenvalue weighted by molar-refractivity contribution is 5.90. The van der Waals surface area contributed by atoms with Crippen LogP contribution in [0.3, 0.4) is 0 Å². The second kappa shape index (κ2) is 11.0. The molecule has 3 N–H and O–H groups in total. The van der Waals surface area contributed by atoms with Crippen LogP contribution in [-0.2, 0) is 16.0 Å². The number of ether oxygens (including phenoxy) is 1. The minimum Gasteiger partial charge on any atom is -0.490 e. The van der Waals surface area contributed by atoms with Gasteiger partial charge < -0.3 is 20.5 Å². The zero-order valence-electron chi connectivity index (χ0n) is 22.7. The summed E-state index contributed by atoms with van der Waals surface area (Å²) >= 11 is 0. The summed E-state index contributed by atoms with van der Waals surface area (Å²) in [4.78, 5) is 24.1. The third-order valence-electron chi connectivity index (χ3n) is 8.72. The first-order valence-electron chi connectivity index (χ1n) is 14.1. The quantitative estimate of drug-likeness (QED) is 0.378. The van der Waals surface area contributed by atoms with Gasteiger partial charge in [-0.25, -0.2) is 8.78 Å². The van der Waals surface area contributed by atoms with Gasteiger partial charge in [-0.1, -0.05) is 32.0 Å². The van der Waals surface area contributed by atoms with Gasteiger partial charge in [0, 0.05) is 30.1 Å². The molecule has 0 radical (unpaired) electrons. The molecule has 39 heavy (non-hydrogen) atoms. The Morgan fingerprint density at radius 3 is 2.64 bits per heavy atom. The number of carbonyl (C=O) groups is 2. The smallest absolute Gasteiger partial charge is 0.307 e. The molecule has 2 aromatic carbocycles. The fourth-order valence-electron chi connectivity index (χ4n) is 6.48. The van der Waals surface area contributed by atoms with E-state index in [1.807, 2.05) is 19.9 Å². The monoisotopic (exact) mass is 540 g/mol. The summed E-state index contributed by atoms with van der Waals surface area (Å²) in [7, 11) is 0. The molecule has 1 heterocycles. The second-order valence-electron chi connectivity index (χ2n) is 11.9. The van der Waals surface area contributed by atoms with Gasteiger partial charge in [0.2, 0.25) is 0 Å². The normalized spacial score (nSPS) is 25.7. The molecule has 3 aliphatic rings.